The molecule has 0 radical (unpaired) electrons. The van der Waals surface area contributed by atoms with Gasteiger partial charge in [0.05, 0.1) is 17.4 Å². The Morgan fingerprint density at radius 3 is 2.42 bits per heavy atom. The SMILES string of the molecule is O=C(C1CCS(=O)(=O)C1)N1CC(N2CCNCC2)C1. The standard InChI is InChI=1S/C12H21N3O3S/c16-12(10-1-6-19(17,18)9-10)15-7-11(8-15)14-4-2-13-3-5-14/h10-11,13H,1-9H2. The van der Waals surface area contributed by atoms with Gasteiger partial charge in [-0.25, -0.2) is 8.42 Å². The fraction of sp³-hybridized carbons (Fsp3) is 0.917. The van der Waals surface area contributed by atoms with Crippen LogP contribution in [0, 0.1) is 5.92 Å². The third-order valence-corrected chi connectivity index (χ3v) is 6.19. The van der Waals surface area contributed by atoms with E-state index in [4.69, 9.17) is 0 Å². The maximum absolute atomic E-state index is 12.2. The van der Waals surface area contributed by atoms with Crippen LogP contribution in [0.25, 0.3) is 0 Å². The number of rotatable bonds is 2. The molecular weight excluding hydrogens is 266 g/mol. The Kier molecular flexibility index (Phi) is 3.53. The van der Waals surface area contributed by atoms with Crippen molar-refractivity contribution in [2.75, 3.05) is 50.8 Å². The van der Waals surface area contributed by atoms with Crippen molar-refractivity contribution in [1.82, 2.24) is 15.1 Å². The molecule has 1 amide bonds. The minimum Gasteiger partial charge on any atom is -0.339 e. The Hall–Kier alpha value is -0.660. The van der Waals surface area contributed by atoms with E-state index in [0.29, 0.717) is 12.5 Å². The van der Waals surface area contributed by atoms with Gasteiger partial charge in [0.25, 0.3) is 0 Å². The molecule has 0 aliphatic carbocycles. The molecule has 0 spiro atoms. The van der Waals surface area contributed by atoms with Crippen LogP contribution in [0.15, 0.2) is 0 Å². The van der Waals surface area contributed by atoms with Crippen molar-refractivity contribution >= 4 is 15.7 Å². The van der Waals surface area contributed by atoms with E-state index in [1.165, 1.54) is 0 Å². The topological polar surface area (TPSA) is 69.7 Å². The van der Waals surface area contributed by atoms with E-state index in [2.05, 4.69) is 10.2 Å². The van der Waals surface area contributed by atoms with Gasteiger partial charge in [0.1, 0.15) is 0 Å². The summed E-state index contributed by atoms with van der Waals surface area (Å²) < 4.78 is 22.8. The molecule has 0 bridgehead atoms. The number of hydrogen-bond donors (Lipinski definition) is 1. The highest BCUT2D eigenvalue weighted by Gasteiger charge is 2.41. The van der Waals surface area contributed by atoms with E-state index in [0.717, 1.165) is 39.3 Å². The fourth-order valence-corrected chi connectivity index (χ4v) is 4.89. The van der Waals surface area contributed by atoms with Crippen LogP contribution in [-0.4, -0.2) is 80.9 Å². The van der Waals surface area contributed by atoms with E-state index in [1.807, 2.05) is 4.90 Å². The second kappa shape index (κ2) is 5.03. The molecule has 3 aliphatic heterocycles. The Morgan fingerprint density at radius 2 is 1.84 bits per heavy atom. The van der Waals surface area contributed by atoms with Crippen molar-refractivity contribution in [3.8, 4) is 0 Å². The zero-order valence-electron chi connectivity index (χ0n) is 11.0. The Bertz CT molecular complexity index is 453. The lowest BCUT2D eigenvalue weighted by atomic mass is 10.0. The minimum atomic E-state index is -2.96. The van der Waals surface area contributed by atoms with Crippen molar-refractivity contribution in [3.05, 3.63) is 0 Å². The number of carbonyl (C=O) groups is 1. The molecule has 108 valence electrons. The normalized spacial score (nSPS) is 32.2. The van der Waals surface area contributed by atoms with Gasteiger partial charge in [-0.2, -0.15) is 0 Å². The number of sulfone groups is 1. The number of likely N-dealkylation sites (tertiary alicyclic amines) is 1. The van der Waals surface area contributed by atoms with Gasteiger partial charge in [-0.05, 0) is 6.42 Å². The summed E-state index contributed by atoms with van der Waals surface area (Å²) in [6, 6.07) is 0.476. The van der Waals surface area contributed by atoms with Crippen molar-refractivity contribution < 1.29 is 13.2 Å². The van der Waals surface area contributed by atoms with Crippen molar-refractivity contribution in [2.24, 2.45) is 5.92 Å². The first-order valence-corrected chi connectivity index (χ1v) is 8.81. The first-order valence-electron chi connectivity index (χ1n) is 6.99. The monoisotopic (exact) mass is 287 g/mol. The number of piperazine rings is 1. The van der Waals surface area contributed by atoms with Crippen LogP contribution in [-0.2, 0) is 14.6 Å². The van der Waals surface area contributed by atoms with Gasteiger partial charge in [0, 0.05) is 45.3 Å². The number of amides is 1. The van der Waals surface area contributed by atoms with Gasteiger partial charge >= 0.3 is 0 Å². The first-order chi connectivity index (χ1) is 9.05. The van der Waals surface area contributed by atoms with Crippen LogP contribution < -0.4 is 5.32 Å². The molecule has 19 heavy (non-hydrogen) atoms. The van der Waals surface area contributed by atoms with Gasteiger partial charge in [0.15, 0.2) is 9.84 Å². The molecule has 3 heterocycles. The molecule has 3 fully saturated rings. The van der Waals surface area contributed by atoms with Gasteiger partial charge in [-0.1, -0.05) is 0 Å². The smallest absolute Gasteiger partial charge is 0.226 e. The third kappa shape index (κ3) is 2.78. The average Bonchev–Trinajstić information content (AvgIpc) is 2.69. The van der Waals surface area contributed by atoms with Crippen LogP contribution in [0.5, 0.6) is 0 Å². The van der Waals surface area contributed by atoms with Crippen LogP contribution in [0.4, 0.5) is 0 Å². The molecule has 3 saturated heterocycles. The minimum absolute atomic E-state index is 0.0486. The molecule has 0 aromatic rings. The van der Waals surface area contributed by atoms with Gasteiger partial charge in [0.2, 0.25) is 5.91 Å². The molecule has 0 aromatic carbocycles. The quantitative estimate of drug-likeness (QED) is 0.672. The summed E-state index contributed by atoms with van der Waals surface area (Å²) in [5, 5.41) is 3.32. The number of carbonyl (C=O) groups excluding carboxylic acids is 1. The Balaban J connectivity index is 1.49. The summed E-state index contributed by atoms with van der Waals surface area (Å²) in [4.78, 5) is 16.4. The summed E-state index contributed by atoms with van der Waals surface area (Å²) in [6.07, 6.45) is 0.510. The first kappa shape index (κ1) is 13.3. The van der Waals surface area contributed by atoms with E-state index in [1.54, 1.807) is 0 Å². The van der Waals surface area contributed by atoms with E-state index in [-0.39, 0.29) is 23.3 Å². The van der Waals surface area contributed by atoms with Crippen molar-refractivity contribution in [3.63, 3.8) is 0 Å². The Labute approximate surface area is 114 Å². The van der Waals surface area contributed by atoms with E-state index in [9.17, 15) is 13.2 Å². The second-order valence-corrected chi connectivity index (χ2v) is 8.01. The predicted octanol–water partition coefficient (Wildman–Crippen LogP) is -1.46. The summed E-state index contributed by atoms with van der Waals surface area (Å²) in [5.74, 6) is 0.000437. The lowest BCUT2D eigenvalue weighted by molar-refractivity contribution is -0.142. The van der Waals surface area contributed by atoms with E-state index >= 15 is 0 Å². The number of nitrogens with one attached hydrogen (secondary N) is 1. The fourth-order valence-electron chi connectivity index (χ4n) is 3.16. The maximum Gasteiger partial charge on any atom is 0.226 e. The second-order valence-electron chi connectivity index (χ2n) is 5.78. The number of hydrogen-bond acceptors (Lipinski definition) is 5. The van der Waals surface area contributed by atoms with Crippen LogP contribution in [0.2, 0.25) is 0 Å². The molecule has 1 unspecified atom stereocenters. The summed E-state index contributed by atoms with van der Waals surface area (Å²) >= 11 is 0. The Morgan fingerprint density at radius 1 is 1.16 bits per heavy atom. The molecule has 1 atom stereocenters. The summed E-state index contributed by atoms with van der Waals surface area (Å²) in [6.45, 7) is 5.68. The molecule has 0 aromatic heterocycles. The lowest BCUT2D eigenvalue weighted by Crippen LogP contribution is -2.64. The molecule has 7 heteroatoms. The van der Waals surface area contributed by atoms with Crippen LogP contribution >= 0.6 is 0 Å². The molecule has 0 saturated carbocycles. The molecule has 6 nitrogen and oxygen atoms in total. The highest BCUT2D eigenvalue weighted by atomic mass is 32.2. The largest absolute Gasteiger partial charge is 0.339 e. The zero-order chi connectivity index (χ0) is 13.5. The molecule has 1 N–H and O–H groups in total. The van der Waals surface area contributed by atoms with E-state index < -0.39 is 9.84 Å². The highest BCUT2D eigenvalue weighted by Crippen LogP contribution is 2.24. The third-order valence-electron chi connectivity index (χ3n) is 4.42. The van der Waals surface area contributed by atoms with Gasteiger partial charge < -0.3 is 10.2 Å². The summed E-state index contributed by atoms with van der Waals surface area (Å²) in [7, 11) is -2.96. The lowest BCUT2D eigenvalue weighted by Gasteiger charge is -2.47. The molecule has 3 aliphatic rings. The van der Waals surface area contributed by atoms with Gasteiger partial charge in [-0.3, -0.25) is 9.69 Å². The van der Waals surface area contributed by atoms with Crippen LogP contribution in [0.3, 0.4) is 0 Å². The number of nitrogens with zero attached hydrogens (tertiary/aromatic N) is 2. The van der Waals surface area contributed by atoms with Gasteiger partial charge in [-0.15, -0.1) is 0 Å². The zero-order valence-corrected chi connectivity index (χ0v) is 11.9. The average molecular weight is 287 g/mol. The maximum atomic E-state index is 12.2. The summed E-state index contributed by atoms with van der Waals surface area (Å²) in [5.41, 5.74) is 0. The van der Waals surface area contributed by atoms with Crippen molar-refractivity contribution in [2.45, 2.75) is 12.5 Å². The van der Waals surface area contributed by atoms with Crippen molar-refractivity contribution in [1.29, 1.82) is 0 Å². The predicted molar refractivity (Wildman–Crippen MR) is 71.6 cm³/mol. The van der Waals surface area contributed by atoms with Crippen LogP contribution in [0.1, 0.15) is 6.42 Å². The molecule has 3 rings (SSSR count). The molecular formula is C12H21N3O3S. The highest BCUT2D eigenvalue weighted by molar-refractivity contribution is 7.91.